The molecule has 1 atom stereocenters. The summed E-state index contributed by atoms with van der Waals surface area (Å²) in [5.74, 6) is -1.08. The number of hydrogen-bond acceptors (Lipinski definition) is 3. The molecule has 6 nitrogen and oxygen atoms in total. The van der Waals surface area contributed by atoms with Gasteiger partial charge in [0.2, 0.25) is 11.9 Å². The van der Waals surface area contributed by atoms with Crippen LogP contribution in [0.5, 0.6) is 0 Å². The second-order valence-electron chi connectivity index (χ2n) is 5.68. The van der Waals surface area contributed by atoms with E-state index in [-0.39, 0.29) is 24.1 Å². The van der Waals surface area contributed by atoms with Gasteiger partial charge in [0.25, 0.3) is 0 Å². The van der Waals surface area contributed by atoms with Crippen molar-refractivity contribution < 1.29 is 9.18 Å². The lowest BCUT2D eigenvalue weighted by Crippen LogP contribution is -2.34. The molecule has 2 heterocycles. The quantitative estimate of drug-likeness (QED) is 0.743. The third kappa shape index (κ3) is 3.05. The van der Waals surface area contributed by atoms with Crippen LogP contribution in [-0.4, -0.2) is 20.1 Å². The molecule has 2 aromatic heterocycles. The SMILES string of the molecule is Cc1ccc([C@H](C)NC(=O)Cn2nc3cccc(F)n3c2=O)cc1. The van der Waals surface area contributed by atoms with E-state index in [9.17, 15) is 14.0 Å². The highest BCUT2D eigenvalue weighted by Gasteiger charge is 2.15. The maximum absolute atomic E-state index is 13.7. The van der Waals surface area contributed by atoms with Crippen molar-refractivity contribution in [3.8, 4) is 0 Å². The van der Waals surface area contributed by atoms with Crippen molar-refractivity contribution in [1.29, 1.82) is 0 Å². The Labute approximate surface area is 137 Å². The van der Waals surface area contributed by atoms with Gasteiger partial charge in [0, 0.05) is 0 Å². The minimum atomic E-state index is -0.711. The van der Waals surface area contributed by atoms with Crippen molar-refractivity contribution in [2.45, 2.75) is 26.4 Å². The van der Waals surface area contributed by atoms with Gasteiger partial charge in [-0.05, 0) is 31.5 Å². The number of nitrogens with zero attached hydrogens (tertiary/aromatic N) is 3. The summed E-state index contributed by atoms with van der Waals surface area (Å²) in [4.78, 5) is 24.3. The molecule has 24 heavy (non-hydrogen) atoms. The lowest BCUT2D eigenvalue weighted by Gasteiger charge is -2.14. The van der Waals surface area contributed by atoms with Crippen LogP contribution in [0.1, 0.15) is 24.1 Å². The largest absolute Gasteiger partial charge is 0.353 e. The van der Waals surface area contributed by atoms with Gasteiger partial charge in [0.05, 0.1) is 6.04 Å². The number of hydrogen-bond donors (Lipinski definition) is 1. The second kappa shape index (κ2) is 6.27. The lowest BCUT2D eigenvalue weighted by atomic mass is 10.1. The van der Waals surface area contributed by atoms with Gasteiger partial charge in [0.15, 0.2) is 5.65 Å². The summed E-state index contributed by atoms with van der Waals surface area (Å²) in [5.41, 5.74) is 1.58. The fourth-order valence-electron chi connectivity index (χ4n) is 2.49. The van der Waals surface area contributed by atoms with E-state index >= 15 is 0 Å². The number of fused-ring (bicyclic) bond motifs is 1. The molecule has 0 bridgehead atoms. The minimum Gasteiger partial charge on any atom is -0.348 e. The number of aryl methyl sites for hydroxylation is 1. The van der Waals surface area contributed by atoms with Crippen LogP contribution in [0, 0.1) is 12.9 Å². The average molecular weight is 328 g/mol. The van der Waals surface area contributed by atoms with E-state index in [1.807, 2.05) is 38.1 Å². The van der Waals surface area contributed by atoms with Crippen LogP contribution in [0.2, 0.25) is 0 Å². The fraction of sp³-hybridized carbons (Fsp3) is 0.235. The molecule has 0 fully saturated rings. The summed E-state index contributed by atoms with van der Waals surface area (Å²) in [6.07, 6.45) is 0. The molecule has 0 aliphatic heterocycles. The molecule has 7 heteroatoms. The fourth-order valence-corrected chi connectivity index (χ4v) is 2.49. The predicted molar refractivity (Wildman–Crippen MR) is 87.1 cm³/mol. The number of halogens is 1. The van der Waals surface area contributed by atoms with Crippen LogP contribution in [0.4, 0.5) is 4.39 Å². The van der Waals surface area contributed by atoms with Crippen molar-refractivity contribution in [3.05, 3.63) is 70.0 Å². The van der Waals surface area contributed by atoms with E-state index in [0.29, 0.717) is 0 Å². The molecule has 0 aliphatic rings. The smallest absolute Gasteiger partial charge is 0.348 e. The van der Waals surface area contributed by atoms with Gasteiger partial charge in [-0.15, -0.1) is 5.10 Å². The Bertz CT molecular complexity index is 943. The van der Waals surface area contributed by atoms with E-state index < -0.39 is 11.6 Å². The first-order chi connectivity index (χ1) is 11.5. The summed E-state index contributed by atoms with van der Waals surface area (Å²) in [7, 11) is 0. The molecule has 124 valence electrons. The number of rotatable bonds is 4. The van der Waals surface area contributed by atoms with E-state index in [2.05, 4.69) is 10.4 Å². The van der Waals surface area contributed by atoms with Gasteiger partial charge in [-0.25, -0.2) is 13.9 Å². The van der Waals surface area contributed by atoms with E-state index in [0.717, 1.165) is 20.2 Å². The average Bonchev–Trinajstić information content (AvgIpc) is 2.85. The zero-order valence-corrected chi connectivity index (χ0v) is 13.4. The molecule has 0 radical (unpaired) electrons. The predicted octanol–water partition coefficient (Wildman–Crippen LogP) is 1.82. The monoisotopic (exact) mass is 328 g/mol. The van der Waals surface area contributed by atoms with Crippen molar-refractivity contribution in [2.24, 2.45) is 0 Å². The van der Waals surface area contributed by atoms with Crippen molar-refractivity contribution >= 4 is 11.6 Å². The van der Waals surface area contributed by atoms with Crippen molar-refractivity contribution in [1.82, 2.24) is 19.5 Å². The number of benzene rings is 1. The van der Waals surface area contributed by atoms with Gasteiger partial charge >= 0.3 is 5.69 Å². The highest BCUT2D eigenvalue weighted by molar-refractivity contribution is 5.76. The van der Waals surface area contributed by atoms with Crippen molar-refractivity contribution in [2.75, 3.05) is 0 Å². The first-order valence-electron chi connectivity index (χ1n) is 7.56. The molecule has 1 amide bonds. The number of amides is 1. The Balaban J connectivity index is 1.75. The van der Waals surface area contributed by atoms with Crippen LogP contribution < -0.4 is 11.0 Å². The number of carbonyl (C=O) groups is 1. The molecular formula is C17H17FN4O2. The lowest BCUT2D eigenvalue weighted by molar-refractivity contribution is -0.122. The Hall–Kier alpha value is -2.96. The highest BCUT2D eigenvalue weighted by atomic mass is 19.1. The maximum atomic E-state index is 13.7. The minimum absolute atomic E-state index is 0.166. The van der Waals surface area contributed by atoms with Gasteiger partial charge in [0.1, 0.15) is 6.54 Å². The molecule has 1 N–H and O–H groups in total. The zero-order chi connectivity index (χ0) is 17.3. The number of pyridine rings is 1. The number of carbonyl (C=O) groups excluding carboxylic acids is 1. The third-order valence-electron chi connectivity index (χ3n) is 3.81. The van der Waals surface area contributed by atoms with Crippen LogP contribution in [0.3, 0.4) is 0 Å². The molecule has 1 aromatic carbocycles. The first kappa shape index (κ1) is 15.9. The molecule has 0 unspecified atom stereocenters. The summed E-state index contributed by atoms with van der Waals surface area (Å²) in [5, 5.41) is 6.78. The topological polar surface area (TPSA) is 68.4 Å². The molecule has 0 saturated carbocycles. The van der Waals surface area contributed by atoms with Gasteiger partial charge in [-0.3, -0.25) is 4.79 Å². The maximum Gasteiger partial charge on any atom is 0.353 e. The Morgan fingerprint density at radius 2 is 1.96 bits per heavy atom. The van der Waals surface area contributed by atoms with Gasteiger partial charge < -0.3 is 5.32 Å². The molecule has 0 spiro atoms. The molecule has 0 saturated heterocycles. The van der Waals surface area contributed by atoms with E-state index in [1.54, 1.807) is 0 Å². The van der Waals surface area contributed by atoms with E-state index in [4.69, 9.17) is 0 Å². The highest BCUT2D eigenvalue weighted by Crippen LogP contribution is 2.12. The summed E-state index contributed by atoms with van der Waals surface area (Å²) in [6, 6.07) is 11.7. The standard InChI is InChI=1S/C17H17FN4O2/c1-11-6-8-13(9-7-11)12(2)19-16(23)10-21-17(24)22-14(18)4-3-5-15(22)20-21/h3-9,12H,10H2,1-2H3,(H,19,23)/t12-/m0/s1. The van der Waals surface area contributed by atoms with Crippen molar-refractivity contribution in [3.63, 3.8) is 0 Å². The molecule has 3 aromatic rings. The summed E-state index contributed by atoms with van der Waals surface area (Å²) >= 11 is 0. The Kier molecular flexibility index (Phi) is 4.16. The molecule has 0 aliphatic carbocycles. The summed E-state index contributed by atoms with van der Waals surface area (Å²) in [6.45, 7) is 3.58. The molecular weight excluding hydrogens is 311 g/mol. The molecule has 3 rings (SSSR count). The van der Waals surface area contributed by atoms with Crippen LogP contribution in [0.15, 0.2) is 47.3 Å². The van der Waals surface area contributed by atoms with Gasteiger partial charge in [-0.1, -0.05) is 35.9 Å². The number of aromatic nitrogens is 3. The van der Waals surface area contributed by atoms with Crippen LogP contribution in [0.25, 0.3) is 5.65 Å². The second-order valence-corrected chi connectivity index (χ2v) is 5.68. The Morgan fingerprint density at radius 1 is 1.25 bits per heavy atom. The number of nitrogens with one attached hydrogen (secondary N) is 1. The third-order valence-corrected chi connectivity index (χ3v) is 3.81. The first-order valence-corrected chi connectivity index (χ1v) is 7.56. The Morgan fingerprint density at radius 3 is 2.62 bits per heavy atom. The summed E-state index contributed by atoms with van der Waals surface area (Å²) < 4.78 is 15.5. The van der Waals surface area contributed by atoms with Gasteiger partial charge in [-0.2, -0.15) is 4.39 Å². The van der Waals surface area contributed by atoms with Crippen LogP contribution in [-0.2, 0) is 11.3 Å². The normalized spacial score (nSPS) is 12.3. The zero-order valence-electron chi connectivity index (χ0n) is 13.4. The van der Waals surface area contributed by atoms with E-state index in [1.165, 1.54) is 18.2 Å². The van der Waals surface area contributed by atoms with Crippen LogP contribution >= 0.6 is 0 Å².